The molecule has 3 rings (SSSR count). The van der Waals surface area contributed by atoms with Gasteiger partial charge in [-0.3, -0.25) is 5.10 Å². The van der Waals surface area contributed by atoms with Gasteiger partial charge in [-0.15, -0.1) is 0 Å². The molecule has 1 heterocycles. The van der Waals surface area contributed by atoms with E-state index >= 15 is 0 Å². The Morgan fingerprint density at radius 2 is 2.05 bits per heavy atom. The molecule has 1 unspecified atom stereocenters. The van der Waals surface area contributed by atoms with Crippen LogP contribution in [0.1, 0.15) is 37.6 Å². The minimum absolute atomic E-state index is 0.00908. The number of halogens is 1. The summed E-state index contributed by atoms with van der Waals surface area (Å²) in [5.41, 5.74) is 0.535. The van der Waals surface area contributed by atoms with Crippen LogP contribution in [0.4, 0.5) is 0 Å². The third kappa shape index (κ3) is 3.19. The Kier molecular flexibility index (Phi) is 3.88. The molecule has 0 radical (unpaired) electrons. The van der Waals surface area contributed by atoms with E-state index in [9.17, 15) is 5.11 Å². The summed E-state index contributed by atoms with van der Waals surface area (Å²) in [6.07, 6.45) is 5.81. The van der Waals surface area contributed by atoms with Crippen molar-refractivity contribution in [1.29, 1.82) is 0 Å². The van der Waals surface area contributed by atoms with Gasteiger partial charge in [0.05, 0.1) is 5.60 Å². The van der Waals surface area contributed by atoms with Crippen molar-refractivity contribution in [1.82, 2.24) is 15.2 Å². The third-order valence-electron chi connectivity index (χ3n) is 4.79. The lowest BCUT2D eigenvalue weighted by Crippen LogP contribution is -2.41. The smallest absolute Gasteiger partial charge is 0.137 e. The number of nitrogens with one attached hydrogen (secondary N) is 1. The fourth-order valence-corrected chi connectivity index (χ4v) is 3.12. The zero-order valence-corrected chi connectivity index (χ0v) is 13.7. The topological polar surface area (TPSA) is 61.8 Å². The molecule has 1 aliphatic rings. The van der Waals surface area contributed by atoms with Crippen LogP contribution in [-0.4, -0.2) is 25.9 Å². The number of benzene rings is 1. The predicted octanol–water partition coefficient (Wildman–Crippen LogP) is 3.27. The summed E-state index contributed by atoms with van der Waals surface area (Å²) in [6, 6.07) is 8.30. The number of nitrogens with zero attached hydrogens (tertiary/aromatic N) is 2. The van der Waals surface area contributed by atoms with Gasteiger partial charge in [-0.05, 0) is 48.8 Å². The van der Waals surface area contributed by atoms with E-state index in [1.165, 1.54) is 11.9 Å². The first-order valence-electron chi connectivity index (χ1n) is 7.32. The van der Waals surface area contributed by atoms with Gasteiger partial charge in [0, 0.05) is 10.9 Å². The van der Waals surface area contributed by atoms with Gasteiger partial charge in [-0.2, -0.15) is 5.10 Å². The summed E-state index contributed by atoms with van der Waals surface area (Å²) in [4.78, 5) is 4.18. The van der Waals surface area contributed by atoms with E-state index in [2.05, 4.69) is 50.2 Å². The van der Waals surface area contributed by atoms with Crippen LogP contribution in [0.3, 0.4) is 0 Å². The normalized spacial score (nSPS) is 19.2. The fourth-order valence-electron chi connectivity index (χ4n) is 2.85. The second kappa shape index (κ2) is 5.54. The number of aromatic nitrogens is 3. The Morgan fingerprint density at radius 3 is 2.62 bits per heavy atom. The zero-order valence-electron chi connectivity index (χ0n) is 12.1. The van der Waals surface area contributed by atoms with Crippen molar-refractivity contribution >= 4 is 15.9 Å². The summed E-state index contributed by atoms with van der Waals surface area (Å²) in [7, 11) is 0. The van der Waals surface area contributed by atoms with Crippen molar-refractivity contribution in [2.24, 2.45) is 5.41 Å². The molecule has 21 heavy (non-hydrogen) atoms. The van der Waals surface area contributed by atoms with E-state index in [-0.39, 0.29) is 5.41 Å². The molecule has 112 valence electrons. The predicted molar refractivity (Wildman–Crippen MR) is 84.8 cm³/mol. The van der Waals surface area contributed by atoms with Crippen LogP contribution in [0.25, 0.3) is 0 Å². The number of rotatable bonds is 6. The molecule has 1 fully saturated rings. The SMILES string of the molecule is CC1(C(O)(CCc2ccc(Br)cc2)Cc2ncn[nH]2)CC1. The molecule has 2 aromatic rings. The molecule has 1 saturated carbocycles. The van der Waals surface area contributed by atoms with E-state index in [1.807, 2.05) is 12.1 Å². The van der Waals surface area contributed by atoms with E-state index < -0.39 is 5.60 Å². The molecule has 0 saturated heterocycles. The van der Waals surface area contributed by atoms with Gasteiger partial charge in [-0.25, -0.2) is 4.98 Å². The molecule has 1 atom stereocenters. The second-order valence-corrected chi connectivity index (χ2v) is 7.24. The quantitative estimate of drug-likeness (QED) is 0.841. The average Bonchev–Trinajstić information content (AvgIpc) is 3.03. The minimum atomic E-state index is -0.723. The van der Waals surface area contributed by atoms with Gasteiger partial charge >= 0.3 is 0 Å². The van der Waals surface area contributed by atoms with Crippen LogP contribution >= 0.6 is 15.9 Å². The highest BCUT2D eigenvalue weighted by atomic mass is 79.9. The molecule has 2 N–H and O–H groups in total. The second-order valence-electron chi connectivity index (χ2n) is 6.33. The zero-order chi connectivity index (χ0) is 14.9. The highest BCUT2D eigenvalue weighted by Crippen LogP contribution is 2.56. The summed E-state index contributed by atoms with van der Waals surface area (Å²) in [5, 5.41) is 18.0. The Labute approximate surface area is 133 Å². The number of hydrogen-bond donors (Lipinski definition) is 2. The standard InChI is InChI=1S/C16H20BrN3O/c1-15(8-9-15)16(21,10-14-18-11-19-20-14)7-6-12-2-4-13(17)5-3-12/h2-5,11,21H,6-10H2,1H3,(H,18,19,20). The molecule has 5 heteroatoms. The maximum atomic E-state index is 11.2. The fraction of sp³-hybridized carbons (Fsp3) is 0.500. The third-order valence-corrected chi connectivity index (χ3v) is 5.32. The number of H-pyrrole nitrogens is 1. The van der Waals surface area contributed by atoms with Crippen molar-refractivity contribution in [3.63, 3.8) is 0 Å². The van der Waals surface area contributed by atoms with Crippen molar-refractivity contribution in [2.75, 3.05) is 0 Å². The van der Waals surface area contributed by atoms with Crippen LogP contribution in [-0.2, 0) is 12.8 Å². The van der Waals surface area contributed by atoms with Gasteiger partial charge in [0.1, 0.15) is 12.2 Å². The van der Waals surface area contributed by atoms with Crippen LogP contribution in [0.5, 0.6) is 0 Å². The Bertz CT molecular complexity index is 592. The lowest BCUT2D eigenvalue weighted by molar-refractivity contribution is -0.0339. The molecule has 0 spiro atoms. The highest BCUT2D eigenvalue weighted by Gasteiger charge is 2.54. The summed E-state index contributed by atoms with van der Waals surface area (Å²) < 4.78 is 1.08. The van der Waals surface area contributed by atoms with Crippen molar-refractivity contribution in [3.8, 4) is 0 Å². The van der Waals surface area contributed by atoms with Crippen molar-refractivity contribution < 1.29 is 5.11 Å². The van der Waals surface area contributed by atoms with E-state index in [0.29, 0.717) is 6.42 Å². The lowest BCUT2D eigenvalue weighted by Gasteiger charge is -2.34. The molecule has 1 aromatic carbocycles. The van der Waals surface area contributed by atoms with Crippen LogP contribution in [0.15, 0.2) is 35.1 Å². The van der Waals surface area contributed by atoms with Gasteiger partial charge in [0.25, 0.3) is 0 Å². The van der Waals surface area contributed by atoms with Gasteiger partial charge < -0.3 is 5.11 Å². The monoisotopic (exact) mass is 349 g/mol. The number of aromatic amines is 1. The number of hydrogen-bond acceptors (Lipinski definition) is 3. The Morgan fingerprint density at radius 1 is 1.33 bits per heavy atom. The molecule has 1 aliphatic carbocycles. The molecule has 0 bridgehead atoms. The van der Waals surface area contributed by atoms with Crippen molar-refractivity contribution in [2.45, 2.75) is 44.6 Å². The summed E-state index contributed by atoms with van der Waals surface area (Å²) in [5.74, 6) is 0.765. The van der Waals surface area contributed by atoms with E-state index in [0.717, 1.165) is 36.0 Å². The first kappa shape index (κ1) is 14.7. The number of aryl methyl sites for hydroxylation is 1. The van der Waals surface area contributed by atoms with E-state index in [4.69, 9.17) is 0 Å². The highest BCUT2D eigenvalue weighted by molar-refractivity contribution is 9.10. The molecular weight excluding hydrogens is 330 g/mol. The van der Waals surface area contributed by atoms with E-state index in [1.54, 1.807) is 0 Å². The summed E-state index contributed by atoms with van der Waals surface area (Å²) in [6.45, 7) is 2.17. The first-order valence-corrected chi connectivity index (χ1v) is 8.11. The number of aliphatic hydroxyl groups is 1. The molecular formula is C16H20BrN3O. The van der Waals surface area contributed by atoms with Gasteiger partial charge in [0.15, 0.2) is 0 Å². The first-order chi connectivity index (χ1) is 10.0. The molecule has 4 nitrogen and oxygen atoms in total. The lowest BCUT2D eigenvalue weighted by atomic mass is 9.78. The maximum Gasteiger partial charge on any atom is 0.137 e. The Balaban J connectivity index is 1.72. The Hall–Kier alpha value is -1.20. The van der Waals surface area contributed by atoms with Crippen LogP contribution in [0, 0.1) is 5.41 Å². The average molecular weight is 350 g/mol. The van der Waals surface area contributed by atoms with Crippen molar-refractivity contribution in [3.05, 3.63) is 46.5 Å². The summed E-state index contributed by atoms with van der Waals surface area (Å²) >= 11 is 3.45. The van der Waals surface area contributed by atoms with Crippen LogP contribution in [0.2, 0.25) is 0 Å². The minimum Gasteiger partial charge on any atom is -0.389 e. The largest absolute Gasteiger partial charge is 0.389 e. The van der Waals surface area contributed by atoms with Gasteiger partial charge in [-0.1, -0.05) is 35.0 Å². The maximum absolute atomic E-state index is 11.2. The molecule has 0 aliphatic heterocycles. The van der Waals surface area contributed by atoms with Crippen LogP contribution < -0.4 is 0 Å². The van der Waals surface area contributed by atoms with Gasteiger partial charge in [0.2, 0.25) is 0 Å². The molecule has 0 amide bonds. The molecule has 1 aromatic heterocycles.